The normalized spacial score (nSPS) is 14.2. The molecule has 0 atom stereocenters. The van der Waals surface area contributed by atoms with Gasteiger partial charge in [-0.15, -0.1) is 0 Å². The fraction of sp³-hybridized carbons (Fsp3) is 0.200. The van der Waals surface area contributed by atoms with Gasteiger partial charge in [-0.1, -0.05) is 12.1 Å². The van der Waals surface area contributed by atoms with Crippen molar-refractivity contribution in [1.29, 1.82) is 5.26 Å². The first-order valence-corrected chi connectivity index (χ1v) is 5.98. The summed E-state index contributed by atoms with van der Waals surface area (Å²) in [4.78, 5) is 6.50. The van der Waals surface area contributed by atoms with Crippen LogP contribution >= 0.6 is 0 Å². The summed E-state index contributed by atoms with van der Waals surface area (Å²) in [6, 6.07) is 12.2. The second-order valence-corrected chi connectivity index (χ2v) is 4.60. The zero-order valence-corrected chi connectivity index (χ0v) is 10.0. The highest BCUT2D eigenvalue weighted by molar-refractivity contribution is 5.40. The van der Waals surface area contributed by atoms with Gasteiger partial charge in [-0.05, 0) is 34.9 Å². The number of nitrogens with zero attached hydrogens (tertiary/aromatic N) is 3. The lowest BCUT2D eigenvalue weighted by atomic mass is 10.1. The average molecular weight is 235 g/mol. The van der Waals surface area contributed by atoms with Gasteiger partial charge in [0.15, 0.2) is 0 Å². The van der Waals surface area contributed by atoms with Gasteiger partial charge in [0.05, 0.1) is 11.6 Å². The molecule has 0 N–H and O–H groups in total. The second-order valence-electron chi connectivity index (χ2n) is 4.60. The van der Waals surface area contributed by atoms with E-state index in [0.29, 0.717) is 0 Å². The van der Waals surface area contributed by atoms with E-state index in [4.69, 9.17) is 5.26 Å². The minimum Gasteiger partial charge on any atom is -0.291 e. The molecule has 2 aromatic rings. The standard InChI is InChI=1S/C15H13N3/c16-7-12-3-4-14-10-18(11-15(14)6-12)9-13-2-1-5-17-8-13/h1-6,8H,9-11H2. The summed E-state index contributed by atoms with van der Waals surface area (Å²) >= 11 is 0. The van der Waals surface area contributed by atoms with Gasteiger partial charge in [0.2, 0.25) is 0 Å². The summed E-state index contributed by atoms with van der Waals surface area (Å²) < 4.78 is 0. The van der Waals surface area contributed by atoms with Gasteiger partial charge < -0.3 is 0 Å². The van der Waals surface area contributed by atoms with Crippen LogP contribution in [0.25, 0.3) is 0 Å². The minimum atomic E-state index is 0.747. The molecule has 0 radical (unpaired) electrons. The summed E-state index contributed by atoms with van der Waals surface area (Å²) in [7, 11) is 0. The Morgan fingerprint density at radius 3 is 2.89 bits per heavy atom. The Morgan fingerprint density at radius 1 is 1.22 bits per heavy atom. The summed E-state index contributed by atoms with van der Waals surface area (Å²) in [5.74, 6) is 0. The zero-order valence-electron chi connectivity index (χ0n) is 10.0. The lowest BCUT2D eigenvalue weighted by molar-refractivity contribution is 0.275. The third-order valence-electron chi connectivity index (χ3n) is 3.25. The van der Waals surface area contributed by atoms with E-state index in [1.165, 1.54) is 16.7 Å². The molecule has 1 aromatic carbocycles. The van der Waals surface area contributed by atoms with Crippen molar-refractivity contribution in [2.24, 2.45) is 0 Å². The van der Waals surface area contributed by atoms with Crippen LogP contribution in [0.3, 0.4) is 0 Å². The van der Waals surface area contributed by atoms with Crippen LogP contribution in [0.15, 0.2) is 42.7 Å². The fourth-order valence-electron chi connectivity index (χ4n) is 2.40. The molecule has 0 bridgehead atoms. The molecule has 0 saturated heterocycles. The molecule has 1 aliphatic rings. The van der Waals surface area contributed by atoms with Gasteiger partial charge in [0.25, 0.3) is 0 Å². The van der Waals surface area contributed by atoms with E-state index in [0.717, 1.165) is 25.2 Å². The lowest BCUT2D eigenvalue weighted by Crippen LogP contribution is -2.15. The number of hydrogen-bond donors (Lipinski definition) is 0. The smallest absolute Gasteiger partial charge is 0.0991 e. The fourth-order valence-corrected chi connectivity index (χ4v) is 2.40. The molecule has 1 aromatic heterocycles. The first kappa shape index (κ1) is 10.9. The van der Waals surface area contributed by atoms with Crippen molar-refractivity contribution in [2.75, 3.05) is 0 Å². The van der Waals surface area contributed by atoms with E-state index in [9.17, 15) is 0 Å². The molecule has 3 heteroatoms. The van der Waals surface area contributed by atoms with E-state index >= 15 is 0 Å². The Bertz CT molecular complexity index is 599. The highest BCUT2D eigenvalue weighted by Crippen LogP contribution is 2.24. The summed E-state index contributed by atoms with van der Waals surface area (Å²) in [5, 5.41) is 8.90. The number of rotatable bonds is 2. The highest BCUT2D eigenvalue weighted by Gasteiger charge is 2.19. The third kappa shape index (κ3) is 2.11. The summed E-state index contributed by atoms with van der Waals surface area (Å²) in [5.41, 5.74) is 4.58. The van der Waals surface area contributed by atoms with E-state index in [2.05, 4.69) is 28.1 Å². The molecule has 3 nitrogen and oxygen atoms in total. The van der Waals surface area contributed by atoms with E-state index in [1.54, 1.807) is 6.20 Å². The topological polar surface area (TPSA) is 39.9 Å². The van der Waals surface area contributed by atoms with Crippen molar-refractivity contribution < 1.29 is 0 Å². The van der Waals surface area contributed by atoms with Crippen molar-refractivity contribution in [2.45, 2.75) is 19.6 Å². The Labute approximate surface area is 106 Å². The van der Waals surface area contributed by atoms with Crippen molar-refractivity contribution >= 4 is 0 Å². The Kier molecular flexibility index (Phi) is 2.79. The van der Waals surface area contributed by atoms with Crippen LogP contribution in [0.2, 0.25) is 0 Å². The van der Waals surface area contributed by atoms with Crippen LogP contribution in [-0.4, -0.2) is 9.88 Å². The molecular weight excluding hydrogens is 222 g/mol. The number of aromatic nitrogens is 1. The van der Waals surface area contributed by atoms with Crippen LogP contribution in [-0.2, 0) is 19.6 Å². The van der Waals surface area contributed by atoms with Crippen molar-refractivity contribution in [3.63, 3.8) is 0 Å². The van der Waals surface area contributed by atoms with Crippen LogP contribution < -0.4 is 0 Å². The summed E-state index contributed by atoms with van der Waals surface area (Å²) in [6.45, 7) is 2.78. The van der Waals surface area contributed by atoms with Gasteiger partial charge in [-0.25, -0.2) is 0 Å². The van der Waals surface area contributed by atoms with Gasteiger partial charge in [-0.2, -0.15) is 5.26 Å². The number of benzene rings is 1. The molecule has 0 spiro atoms. The maximum absolute atomic E-state index is 8.90. The van der Waals surface area contributed by atoms with Crippen molar-refractivity contribution in [3.8, 4) is 6.07 Å². The summed E-state index contributed by atoms with van der Waals surface area (Å²) in [6.07, 6.45) is 3.70. The van der Waals surface area contributed by atoms with Gasteiger partial charge >= 0.3 is 0 Å². The van der Waals surface area contributed by atoms with Crippen LogP contribution in [0.4, 0.5) is 0 Å². The molecular formula is C15H13N3. The quantitative estimate of drug-likeness (QED) is 0.802. The van der Waals surface area contributed by atoms with Crippen molar-refractivity contribution in [3.05, 3.63) is 65.0 Å². The molecule has 1 aliphatic heterocycles. The van der Waals surface area contributed by atoms with E-state index in [1.807, 2.05) is 24.4 Å². The van der Waals surface area contributed by atoms with Gasteiger partial charge in [-0.3, -0.25) is 9.88 Å². The van der Waals surface area contributed by atoms with Crippen LogP contribution in [0, 0.1) is 11.3 Å². The van der Waals surface area contributed by atoms with E-state index in [-0.39, 0.29) is 0 Å². The predicted octanol–water partition coefficient (Wildman–Crippen LogP) is 2.47. The largest absolute Gasteiger partial charge is 0.291 e. The van der Waals surface area contributed by atoms with Crippen LogP contribution in [0.5, 0.6) is 0 Å². The first-order valence-electron chi connectivity index (χ1n) is 5.98. The zero-order chi connectivity index (χ0) is 12.4. The Morgan fingerprint density at radius 2 is 2.11 bits per heavy atom. The van der Waals surface area contributed by atoms with Crippen LogP contribution in [0.1, 0.15) is 22.3 Å². The predicted molar refractivity (Wildman–Crippen MR) is 68.3 cm³/mol. The molecule has 0 saturated carbocycles. The molecule has 88 valence electrons. The Hall–Kier alpha value is -2.18. The SMILES string of the molecule is N#Cc1ccc2c(c1)CN(Cc1cccnc1)C2. The molecule has 0 unspecified atom stereocenters. The number of hydrogen-bond acceptors (Lipinski definition) is 3. The molecule has 3 rings (SSSR count). The maximum Gasteiger partial charge on any atom is 0.0991 e. The molecule has 0 amide bonds. The average Bonchev–Trinajstić information content (AvgIpc) is 2.80. The molecule has 0 aliphatic carbocycles. The van der Waals surface area contributed by atoms with Gasteiger partial charge in [0.1, 0.15) is 0 Å². The molecule has 2 heterocycles. The number of fused-ring (bicyclic) bond motifs is 1. The Balaban J connectivity index is 1.75. The van der Waals surface area contributed by atoms with E-state index < -0.39 is 0 Å². The third-order valence-corrected chi connectivity index (χ3v) is 3.25. The maximum atomic E-state index is 8.90. The monoisotopic (exact) mass is 235 g/mol. The highest BCUT2D eigenvalue weighted by atomic mass is 15.1. The first-order chi connectivity index (χ1) is 8.85. The minimum absolute atomic E-state index is 0.747. The lowest BCUT2D eigenvalue weighted by Gasteiger charge is -2.14. The van der Waals surface area contributed by atoms with Gasteiger partial charge in [0, 0.05) is 32.0 Å². The number of pyridine rings is 1. The number of nitriles is 1. The molecule has 0 fully saturated rings. The second kappa shape index (κ2) is 4.59. The molecule has 18 heavy (non-hydrogen) atoms. The van der Waals surface area contributed by atoms with Crippen molar-refractivity contribution in [1.82, 2.24) is 9.88 Å².